The third-order valence-electron chi connectivity index (χ3n) is 21.4. The second-order valence-electron chi connectivity index (χ2n) is 31.7. The molecule has 145 heavy (non-hydrogen) atoms. The summed E-state index contributed by atoms with van der Waals surface area (Å²) >= 11 is 43.1. The molecule has 0 aliphatic heterocycles. The molecule has 1 atom stereocenters. The number of aryl methyl sites for hydroxylation is 3. The maximum atomic E-state index is 13.7. The van der Waals surface area contributed by atoms with Crippen LogP contribution in [-0.4, -0.2) is 96.1 Å². The van der Waals surface area contributed by atoms with Gasteiger partial charge in [-0.15, -0.1) is 11.3 Å². The average Bonchev–Trinajstić information content (AvgIpc) is 1.65. The van der Waals surface area contributed by atoms with Crippen LogP contribution in [0.4, 0.5) is 42.9 Å². The van der Waals surface area contributed by atoms with Crippen LogP contribution < -0.4 is 33.7 Å². The summed E-state index contributed by atoms with van der Waals surface area (Å²) in [7, 11) is -15.7. The fourth-order valence-corrected chi connectivity index (χ4v) is 22.0. The third kappa shape index (κ3) is 29.5. The molecule has 38 heteroatoms. The predicted octanol–water partition coefficient (Wildman–Crippen LogP) is 26.6. The van der Waals surface area contributed by atoms with E-state index >= 15 is 0 Å². The highest BCUT2D eigenvalue weighted by atomic mass is 35.5. The minimum absolute atomic E-state index is 0.0522. The first-order valence-corrected chi connectivity index (χ1v) is 54.8. The van der Waals surface area contributed by atoms with Crippen LogP contribution in [0.25, 0.3) is 10.6 Å². The molecule has 0 amide bonds. The number of halogens is 9. The molecule has 1 unspecified atom stereocenters. The van der Waals surface area contributed by atoms with Crippen molar-refractivity contribution in [2.45, 2.75) is 70.3 Å². The number of aromatic nitrogens is 2. The number of hydrogen-bond donors (Lipinski definition) is 6. The number of ketones is 5. The Morgan fingerprint density at radius 1 is 0.359 bits per heavy atom. The minimum atomic E-state index is -4.09. The van der Waals surface area contributed by atoms with Gasteiger partial charge in [-0.2, -0.15) is 13.9 Å². The average molecular weight is 2210 g/mol. The van der Waals surface area contributed by atoms with Gasteiger partial charge in [0.1, 0.15) is 21.3 Å². The Balaban J connectivity index is 0.000000162. The quantitative estimate of drug-likeness (QED) is 0.0168. The molecule has 14 aromatic carbocycles. The molecule has 2 heterocycles. The van der Waals surface area contributed by atoms with Crippen molar-refractivity contribution in [1.82, 2.24) is 9.78 Å². The van der Waals surface area contributed by atoms with Gasteiger partial charge in [0.15, 0.2) is 28.9 Å². The molecule has 0 saturated heterocycles. The summed E-state index contributed by atoms with van der Waals surface area (Å²) in [5.41, 5.74) is 6.80. The number of sulfonamides is 4. The maximum absolute atomic E-state index is 13.7. The third-order valence-corrected chi connectivity index (χ3v) is 31.7. The summed E-state index contributed by atoms with van der Waals surface area (Å²) in [5.74, 6) is -0.391. The number of carbonyl (C=O) groups excluding carboxylic acids is 5. The lowest BCUT2D eigenvalue weighted by Gasteiger charge is -2.16. The minimum Gasteiger partial charge on any atom is -0.497 e. The van der Waals surface area contributed by atoms with Crippen LogP contribution in [0.2, 0.25) is 35.2 Å². The van der Waals surface area contributed by atoms with E-state index in [1.54, 1.807) is 188 Å². The molecular formula is C107H89Cl7F2N8O15S6. The van der Waals surface area contributed by atoms with Gasteiger partial charge in [0.05, 0.1) is 64.8 Å². The Labute approximate surface area is 878 Å². The second kappa shape index (κ2) is 49.0. The number of hydrogen-bond acceptors (Lipinski definition) is 18. The van der Waals surface area contributed by atoms with Crippen molar-refractivity contribution in [3.05, 3.63) is 453 Å². The number of carbonyl (C=O) groups is 5. The molecule has 16 aromatic rings. The summed E-state index contributed by atoms with van der Waals surface area (Å²) in [6, 6.07) is 91.6. The van der Waals surface area contributed by atoms with Crippen LogP contribution in [0.3, 0.4) is 0 Å². The lowest BCUT2D eigenvalue weighted by atomic mass is 10.0. The van der Waals surface area contributed by atoms with Crippen molar-refractivity contribution in [2.75, 3.05) is 42.6 Å². The van der Waals surface area contributed by atoms with Crippen molar-refractivity contribution in [1.29, 1.82) is 0 Å². The summed E-state index contributed by atoms with van der Waals surface area (Å²) in [6.07, 6.45) is 1.62. The van der Waals surface area contributed by atoms with E-state index in [1.165, 1.54) is 154 Å². The molecule has 0 saturated carbocycles. The smallest absolute Gasteiger partial charge is 0.286 e. The van der Waals surface area contributed by atoms with E-state index in [4.69, 9.17) is 85.9 Å². The van der Waals surface area contributed by atoms with Crippen LogP contribution in [0.1, 0.15) is 124 Å². The van der Waals surface area contributed by atoms with Gasteiger partial charge in [0, 0.05) is 122 Å². The van der Waals surface area contributed by atoms with Gasteiger partial charge in [-0.1, -0.05) is 235 Å². The van der Waals surface area contributed by atoms with E-state index in [0.717, 1.165) is 59.1 Å². The number of benzene rings is 14. The molecule has 6 N–H and O–H groups in total. The second-order valence-corrected chi connectivity index (χ2v) is 44.8. The molecule has 0 aliphatic carbocycles. The fraction of sp³-hybridized carbons (Fsp3) is 0.0935. The number of nitrogens with zero attached hydrogens (tertiary/aromatic N) is 2. The van der Waals surface area contributed by atoms with E-state index < -0.39 is 61.5 Å². The van der Waals surface area contributed by atoms with E-state index in [9.17, 15) is 70.6 Å². The Morgan fingerprint density at radius 2 is 0.662 bits per heavy atom. The molecule has 23 nitrogen and oxygen atoms in total. The largest absolute Gasteiger partial charge is 0.497 e. The first-order valence-electron chi connectivity index (χ1n) is 43.7. The number of methoxy groups -OCH3 is 1. The van der Waals surface area contributed by atoms with Crippen molar-refractivity contribution < 1.29 is 75.4 Å². The molecule has 746 valence electrons. The van der Waals surface area contributed by atoms with E-state index in [0.29, 0.717) is 84.7 Å². The lowest BCUT2D eigenvalue weighted by molar-refractivity contribution is 0.00878. The Kier molecular flexibility index (Phi) is 37.3. The normalized spacial score (nSPS) is 11.7. The number of alkyl halides is 2. The summed E-state index contributed by atoms with van der Waals surface area (Å²) < 4.78 is 162. The highest BCUT2D eigenvalue weighted by Crippen LogP contribution is 2.39. The zero-order valence-corrected chi connectivity index (χ0v) is 87.8. The zero-order valence-electron chi connectivity index (χ0n) is 77.6. The van der Waals surface area contributed by atoms with E-state index in [1.807, 2.05) is 39.0 Å². The van der Waals surface area contributed by atoms with E-state index in [2.05, 4.69) is 39.9 Å². The number of thiophene rings is 1. The monoisotopic (exact) mass is 2200 g/mol. The number of rotatable bonds is 32. The molecule has 0 fully saturated rings. The van der Waals surface area contributed by atoms with Gasteiger partial charge < -0.3 is 14.8 Å². The van der Waals surface area contributed by atoms with Crippen LogP contribution >= 0.6 is 92.5 Å². The van der Waals surface area contributed by atoms with Gasteiger partial charge >= 0.3 is 0 Å². The van der Waals surface area contributed by atoms with Gasteiger partial charge in [-0.05, 0) is 243 Å². The number of ether oxygens (including phenoxy) is 1. The lowest BCUT2D eigenvalue weighted by Crippen LogP contribution is -2.16. The molecule has 0 aliphatic rings. The Hall–Kier alpha value is -13.4. The molecular weight excluding hydrogens is 2120 g/mol. The Bertz CT molecular complexity index is 7890. The molecule has 0 bridgehead atoms. The van der Waals surface area contributed by atoms with Crippen molar-refractivity contribution in [2.24, 2.45) is 7.05 Å². The van der Waals surface area contributed by atoms with Crippen molar-refractivity contribution in [3.63, 3.8) is 0 Å². The van der Waals surface area contributed by atoms with Crippen LogP contribution in [-0.2, 0) is 75.6 Å². The van der Waals surface area contributed by atoms with Crippen molar-refractivity contribution >= 4 is 211 Å². The predicted molar refractivity (Wildman–Crippen MR) is 578 cm³/mol. The summed E-state index contributed by atoms with van der Waals surface area (Å²) in [6.45, 7) is 7.55. The highest BCUT2D eigenvalue weighted by Gasteiger charge is 2.32. The van der Waals surface area contributed by atoms with Gasteiger partial charge in [-0.25, -0.2) is 37.9 Å². The topological polar surface area (TPSA) is 338 Å². The highest BCUT2D eigenvalue weighted by molar-refractivity contribution is 8.01. The summed E-state index contributed by atoms with van der Waals surface area (Å²) in [5, 5.41) is 9.77. The van der Waals surface area contributed by atoms with Crippen LogP contribution in [0, 0.1) is 0 Å². The van der Waals surface area contributed by atoms with Gasteiger partial charge in [-0.3, -0.25) is 47.5 Å². The van der Waals surface area contributed by atoms with E-state index in [-0.39, 0.29) is 103 Å². The van der Waals surface area contributed by atoms with Crippen molar-refractivity contribution in [3.8, 4) is 16.3 Å². The fourth-order valence-electron chi connectivity index (χ4n) is 14.0. The number of anilines is 6. The molecule has 0 radical (unpaired) electrons. The molecule has 16 rings (SSSR count). The standard InChI is InChI=1S/C23H18ClF2N3O3S2.C22H21ClN2O2S.2C21H17Cl2NO3S.C20H16ClNO4S/c1-23(25,26)20-13-18(27-29(20)2)19-10-11-21(33-19)34(31,32)28-17-9-8-15(24)12-16(17)22(30)14-6-4-3-5-7-14;1-3-24-18-10-12-19(13-11-18)28(2,27)25-21-14-9-17(23)15-20(21)22(26)16-7-5-4-6-8-16;2*1-2-14-6-9-18(10-7-14)28(26,27)24-20-11-8-17(23)13-19(20)21(25)15-4-3-5-16(22)12-15;1-26-16-8-10-17(11-9-16)27(24,25)22-19-12-7-15(21)13-18(19)20(23)14-5-3-2-4-6-14/h3-13,28H,1-2H3;4-15,24H,2-3H2,1H3,(H,25,27);2*3-13,24H,2H2,1H3;2-13,22H,1H3. The van der Waals surface area contributed by atoms with Crippen LogP contribution in [0.5, 0.6) is 5.75 Å². The molecule has 2 aromatic heterocycles. The zero-order chi connectivity index (χ0) is 105. The first-order chi connectivity index (χ1) is 68.9. The Morgan fingerprint density at radius 3 is 0.972 bits per heavy atom. The molecule has 0 spiro atoms. The summed E-state index contributed by atoms with van der Waals surface area (Å²) in [4.78, 5) is 65.8. The SMILES string of the molecule is C=S(=O)(Nc1ccc(Cl)cc1C(=O)c1ccccc1)c1ccc(NCC)cc1.CCc1ccc(S(=O)(=O)Nc2ccc(Cl)cc2C(=O)c2cccc(Cl)c2)cc1.CCc1ccc(S(=O)(=O)Nc2ccc(Cl)cc2C(=O)c2cccc(Cl)c2)cc1.COc1ccc(S(=O)(=O)Nc2ccc(Cl)cc2C(=O)c2ccccc2)cc1.Cn1nc(-c2ccc(S(=O)(=O)Nc3ccc(Cl)cc3C(=O)c3ccccc3)s2)cc1C(C)(F)F. The van der Waals surface area contributed by atoms with Crippen LogP contribution in [0.15, 0.2) is 370 Å². The maximum Gasteiger partial charge on any atom is 0.286 e. The van der Waals surface area contributed by atoms with Gasteiger partial charge in [0.25, 0.3) is 46.0 Å². The van der Waals surface area contributed by atoms with Gasteiger partial charge in [0.2, 0.25) is 0 Å². The number of nitrogens with one attached hydrogen (secondary N) is 6. The first kappa shape index (κ1) is 110.